The number of hydrogen-bond donors (Lipinski definition) is 0. The van der Waals surface area contributed by atoms with Crippen molar-refractivity contribution in [2.45, 2.75) is 6.61 Å². The molecule has 10 nitrogen and oxygen atoms in total. The van der Waals surface area contributed by atoms with Gasteiger partial charge in [-0.2, -0.15) is 4.98 Å². The Morgan fingerprint density at radius 1 is 0.892 bits per heavy atom. The van der Waals surface area contributed by atoms with E-state index in [9.17, 15) is 4.79 Å². The van der Waals surface area contributed by atoms with E-state index < -0.39 is 5.97 Å². The monoisotopic (exact) mass is 498 g/mol. The average molecular weight is 498 g/mol. The predicted octanol–water partition coefficient (Wildman–Crippen LogP) is 4.73. The van der Waals surface area contributed by atoms with Gasteiger partial charge in [0.05, 0.1) is 38.1 Å². The van der Waals surface area contributed by atoms with Crippen LogP contribution in [0.25, 0.3) is 33.5 Å². The van der Waals surface area contributed by atoms with Crippen molar-refractivity contribution >= 4 is 16.9 Å². The van der Waals surface area contributed by atoms with E-state index in [0.29, 0.717) is 56.4 Å². The lowest BCUT2D eigenvalue weighted by Gasteiger charge is -2.15. The Hall–Kier alpha value is -4.99. The van der Waals surface area contributed by atoms with Crippen molar-refractivity contribution in [2.75, 3.05) is 21.3 Å². The smallest absolute Gasteiger partial charge is 0.339 e. The van der Waals surface area contributed by atoms with Crippen LogP contribution < -0.4 is 14.2 Å². The van der Waals surface area contributed by atoms with Gasteiger partial charge in [-0.15, -0.1) is 0 Å². The first-order valence-corrected chi connectivity index (χ1v) is 11.2. The van der Waals surface area contributed by atoms with Crippen molar-refractivity contribution in [2.24, 2.45) is 0 Å². The summed E-state index contributed by atoms with van der Waals surface area (Å²) < 4.78 is 27.2. The van der Waals surface area contributed by atoms with Crippen LogP contribution in [0.5, 0.6) is 17.2 Å². The van der Waals surface area contributed by atoms with Crippen LogP contribution in [-0.4, -0.2) is 47.4 Å². The first kappa shape index (κ1) is 23.7. The molecule has 0 aliphatic carbocycles. The van der Waals surface area contributed by atoms with Crippen molar-refractivity contribution in [3.8, 4) is 39.9 Å². The van der Waals surface area contributed by atoms with E-state index in [4.69, 9.17) is 28.5 Å². The van der Waals surface area contributed by atoms with Gasteiger partial charge in [0.15, 0.2) is 18.1 Å². The maximum atomic E-state index is 13.2. The van der Waals surface area contributed by atoms with Gasteiger partial charge in [0.1, 0.15) is 0 Å². The molecule has 0 unspecified atom stereocenters. The van der Waals surface area contributed by atoms with Gasteiger partial charge in [-0.25, -0.2) is 9.78 Å². The van der Waals surface area contributed by atoms with Crippen LogP contribution in [0.2, 0.25) is 0 Å². The summed E-state index contributed by atoms with van der Waals surface area (Å²) >= 11 is 0. The second kappa shape index (κ2) is 10.3. The molecule has 0 N–H and O–H groups in total. The fourth-order valence-corrected chi connectivity index (χ4v) is 3.85. The van der Waals surface area contributed by atoms with Crippen LogP contribution in [-0.2, 0) is 11.3 Å². The molecule has 0 spiro atoms. The van der Waals surface area contributed by atoms with Gasteiger partial charge < -0.3 is 23.5 Å². The fraction of sp³-hybridized carbons (Fsp3) is 0.148. The Morgan fingerprint density at radius 2 is 1.68 bits per heavy atom. The molecule has 0 amide bonds. The lowest BCUT2D eigenvalue weighted by molar-refractivity contribution is 0.0432. The van der Waals surface area contributed by atoms with Gasteiger partial charge in [-0.05, 0) is 36.4 Å². The molecule has 0 fully saturated rings. The van der Waals surface area contributed by atoms with Gasteiger partial charge in [-0.1, -0.05) is 23.4 Å². The minimum atomic E-state index is -0.562. The molecule has 0 atom stereocenters. The Bertz CT molecular complexity index is 1540. The normalized spacial score (nSPS) is 10.8. The molecule has 0 aliphatic rings. The Labute approximate surface area is 211 Å². The number of rotatable bonds is 8. The van der Waals surface area contributed by atoms with E-state index in [1.54, 1.807) is 42.7 Å². The summed E-state index contributed by atoms with van der Waals surface area (Å²) in [5, 5.41) is 4.57. The molecule has 0 saturated heterocycles. The maximum absolute atomic E-state index is 13.2. The second-order valence-corrected chi connectivity index (χ2v) is 7.82. The van der Waals surface area contributed by atoms with Crippen LogP contribution >= 0.6 is 0 Å². The van der Waals surface area contributed by atoms with Crippen LogP contribution in [0, 0.1) is 0 Å². The number of benzene rings is 2. The summed E-state index contributed by atoms with van der Waals surface area (Å²) in [7, 11) is 4.61. The summed E-state index contributed by atoms with van der Waals surface area (Å²) in [6, 6.07) is 16.1. The van der Waals surface area contributed by atoms with Crippen LogP contribution in [0.3, 0.4) is 0 Å². The lowest BCUT2D eigenvalue weighted by Crippen LogP contribution is -2.07. The third-order valence-corrected chi connectivity index (χ3v) is 5.61. The van der Waals surface area contributed by atoms with E-state index in [0.717, 1.165) is 0 Å². The van der Waals surface area contributed by atoms with E-state index in [1.165, 1.54) is 21.3 Å². The van der Waals surface area contributed by atoms with Crippen molar-refractivity contribution in [1.82, 2.24) is 20.1 Å². The van der Waals surface area contributed by atoms with Crippen molar-refractivity contribution in [1.29, 1.82) is 0 Å². The van der Waals surface area contributed by atoms with Gasteiger partial charge in [0, 0.05) is 28.9 Å². The highest BCUT2D eigenvalue weighted by atomic mass is 16.6. The number of nitrogens with zero attached hydrogens (tertiary/aromatic N) is 4. The second-order valence-electron chi connectivity index (χ2n) is 7.82. The highest BCUT2D eigenvalue weighted by Gasteiger charge is 2.20. The number of para-hydroxylation sites is 1. The maximum Gasteiger partial charge on any atom is 0.339 e. The van der Waals surface area contributed by atoms with Crippen molar-refractivity contribution in [3.63, 3.8) is 0 Å². The predicted molar refractivity (Wildman–Crippen MR) is 133 cm³/mol. The molecule has 3 heterocycles. The number of methoxy groups -OCH3 is 3. The number of ether oxygens (including phenoxy) is 4. The number of esters is 1. The molecule has 0 aliphatic heterocycles. The highest BCUT2D eigenvalue weighted by molar-refractivity contribution is 6.04. The van der Waals surface area contributed by atoms with Crippen molar-refractivity contribution in [3.05, 3.63) is 78.4 Å². The zero-order valence-corrected chi connectivity index (χ0v) is 20.3. The largest absolute Gasteiger partial charge is 0.493 e. The molecule has 0 saturated carbocycles. The minimum absolute atomic E-state index is 0.162. The van der Waals surface area contributed by atoms with Gasteiger partial charge in [-0.3, -0.25) is 4.98 Å². The minimum Gasteiger partial charge on any atom is -0.493 e. The molecular formula is C27H22N4O6. The number of hydrogen-bond acceptors (Lipinski definition) is 10. The third-order valence-electron chi connectivity index (χ3n) is 5.61. The van der Waals surface area contributed by atoms with Crippen LogP contribution in [0.1, 0.15) is 16.2 Å². The molecule has 2 aromatic carbocycles. The molecule has 3 aromatic heterocycles. The van der Waals surface area contributed by atoms with E-state index in [2.05, 4.69) is 15.1 Å². The summed E-state index contributed by atoms with van der Waals surface area (Å²) in [5.41, 5.74) is 2.85. The zero-order chi connectivity index (χ0) is 25.8. The Kier molecular flexibility index (Phi) is 6.62. The molecule has 0 radical (unpaired) electrons. The number of fused-ring (bicyclic) bond motifs is 1. The Balaban J connectivity index is 1.47. The summed E-state index contributed by atoms with van der Waals surface area (Å²) in [6.45, 7) is -0.192. The molecule has 0 bridgehead atoms. The van der Waals surface area contributed by atoms with E-state index in [-0.39, 0.29) is 12.5 Å². The summed E-state index contributed by atoms with van der Waals surface area (Å²) in [6.07, 6.45) is 3.27. The molecular weight excluding hydrogens is 476 g/mol. The SMILES string of the molecule is COc1cc(-c2cc(C(=O)OCc3nc(-c4cccnc4)no3)c3ccccc3n2)cc(OC)c1OC. The Morgan fingerprint density at radius 3 is 2.38 bits per heavy atom. The van der Waals surface area contributed by atoms with Gasteiger partial charge in [0.25, 0.3) is 5.89 Å². The van der Waals surface area contributed by atoms with Gasteiger partial charge >= 0.3 is 5.97 Å². The molecule has 37 heavy (non-hydrogen) atoms. The quantitative estimate of drug-likeness (QED) is 0.278. The van der Waals surface area contributed by atoms with Gasteiger partial charge in [0.2, 0.25) is 11.6 Å². The van der Waals surface area contributed by atoms with Crippen LogP contribution in [0.15, 0.2) is 71.5 Å². The fourth-order valence-electron chi connectivity index (χ4n) is 3.85. The number of carbonyl (C=O) groups is 1. The number of aromatic nitrogens is 4. The first-order valence-electron chi connectivity index (χ1n) is 11.2. The average Bonchev–Trinajstić information content (AvgIpc) is 3.44. The number of pyridine rings is 2. The highest BCUT2D eigenvalue weighted by Crippen LogP contribution is 2.41. The summed E-state index contributed by atoms with van der Waals surface area (Å²) in [4.78, 5) is 26.3. The number of carbonyl (C=O) groups excluding carboxylic acids is 1. The summed E-state index contributed by atoms with van der Waals surface area (Å²) in [5.74, 6) is 1.36. The standard InChI is InChI=1S/C27H22N4O6/c1-33-22-11-17(12-23(34-2)25(22)35-3)21-13-19(18-8-4-5-9-20(18)29-21)27(32)36-15-24-30-26(31-37-24)16-7-6-10-28-14-16/h4-14H,15H2,1-3H3. The zero-order valence-electron chi connectivity index (χ0n) is 20.3. The molecule has 10 heteroatoms. The lowest BCUT2D eigenvalue weighted by atomic mass is 10.0. The van der Waals surface area contributed by atoms with E-state index >= 15 is 0 Å². The van der Waals surface area contributed by atoms with Crippen molar-refractivity contribution < 1.29 is 28.3 Å². The first-order chi connectivity index (χ1) is 18.1. The molecule has 5 aromatic rings. The molecule has 186 valence electrons. The molecule has 5 rings (SSSR count). The third kappa shape index (κ3) is 4.76. The topological polar surface area (TPSA) is 119 Å². The van der Waals surface area contributed by atoms with E-state index in [1.807, 2.05) is 24.3 Å². The van der Waals surface area contributed by atoms with Crippen LogP contribution in [0.4, 0.5) is 0 Å².